The van der Waals surface area contributed by atoms with E-state index in [1.807, 2.05) is 0 Å². The van der Waals surface area contributed by atoms with Crippen molar-refractivity contribution in [2.75, 3.05) is 0 Å². The van der Waals surface area contributed by atoms with Crippen LogP contribution >= 0.6 is 0 Å². The number of aryl methyl sites for hydroxylation is 1. The monoisotopic (exact) mass is 613 g/mol. The van der Waals surface area contributed by atoms with Crippen LogP contribution in [0.2, 0.25) is 0 Å². The quantitative estimate of drug-likeness (QED) is 0.159. The average Bonchev–Trinajstić information content (AvgIpc) is 2.81. The third-order valence-electron chi connectivity index (χ3n) is 4.96. The molecule has 0 unspecified atom stereocenters. The van der Waals surface area contributed by atoms with Gasteiger partial charge >= 0.3 is 0 Å². The van der Waals surface area contributed by atoms with E-state index >= 15 is 0 Å². The first-order valence-corrected chi connectivity index (χ1v) is 10.3. The fourth-order valence-electron chi connectivity index (χ4n) is 3.51. The fraction of sp³-hybridized carbons (Fsp3) is 0.121. The molecule has 0 aliphatic heterocycles. The van der Waals surface area contributed by atoms with Crippen LogP contribution in [0.3, 0.4) is 0 Å². The molecule has 0 aliphatic carbocycles. The van der Waals surface area contributed by atoms with Crippen LogP contribution in [0.1, 0.15) is 55.2 Å². The van der Waals surface area contributed by atoms with E-state index in [2.05, 4.69) is 130 Å². The molecule has 35 heavy (non-hydrogen) atoms. The first-order chi connectivity index (χ1) is 14.7. The van der Waals surface area contributed by atoms with Gasteiger partial charge in [0, 0.05) is 65.4 Å². The molecule has 0 bridgehead atoms. The van der Waals surface area contributed by atoms with E-state index in [1.165, 1.54) is 39.0 Å². The third kappa shape index (κ3) is 10.3. The van der Waals surface area contributed by atoms with E-state index in [0.29, 0.717) is 0 Å². The van der Waals surface area contributed by atoms with E-state index in [1.54, 1.807) is 6.92 Å². The van der Waals surface area contributed by atoms with Gasteiger partial charge in [0.1, 0.15) is 0 Å². The van der Waals surface area contributed by atoms with Gasteiger partial charge in [-0.3, -0.25) is 0 Å². The molecule has 0 heterocycles. The Bertz CT molecular complexity index is 988. The minimum Gasteiger partial charge on any atom is -0.358 e. The third-order valence-corrected chi connectivity index (χ3v) is 4.96. The Kier molecular flexibility index (Phi) is 21.7. The molecule has 0 aliphatic rings. The molecule has 0 spiro atoms. The summed E-state index contributed by atoms with van der Waals surface area (Å²) >= 11 is 0. The molecule has 0 aromatic heterocycles. The van der Waals surface area contributed by atoms with E-state index in [9.17, 15) is 0 Å². The predicted octanol–water partition coefficient (Wildman–Crippen LogP) is 9.74. The van der Waals surface area contributed by atoms with Crippen LogP contribution in [-0.2, 0) is 65.4 Å². The molecular formula is C33H39Y2-3. The standard InChI is InChI=1S/C28H23.C2H5.2CH4.CH3.2Y/c1-21-13-17-25(18-14-21)27(23-9-5-3-6-10-23)28(24-11-7-4-8-12-24)26-19-15-22(2)16-20-26;1-2;;;;;/h3-20H,1H2,2H3;1H2,2H3;2*1H4;1H3;;/q2*-1;;;-1;;/b28-27+;;;;;;. The molecule has 180 valence electrons. The summed E-state index contributed by atoms with van der Waals surface area (Å²) in [5.74, 6) is 0. The number of hydrogen-bond acceptors (Lipinski definition) is 0. The van der Waals surface area contributed by atoms with Crippen LogP contribution in [0.15, 0.2) is 109 Å². The molecule has 2 radical (unpaired) electrons. The molecule has 0 amide bonds. The van der Waals surface area contributed by atoms with E-state index in [4.69, 9.17) is 0 Å². The molecular weight excluding hydrogens is 574 g/mol. The maximum Gasteiger partial charge on any atom is 0 e. The van der Waals surface area contributed by atoms with Crippen molar-refractivity contribution >= 4 is 11.1 Å². The van der Waals surface area contributed by atoms with Crippen LogP contribution < -0.4 is 0 Å². The molecule has 0 saturated heterocycles. The van der Waals surface area contributed by atoms with Gasteiger partial charge in [-0.1, -0.05) is 105 Å². The van der Waals surface area contributed by atoms with E-state index in [-0.39, 0.29) is 87.7 Å². The molecule has 4 aromatic rings. The average molecular weight is 613 g/mol. The minimum atomic E-state index is 0. The summed E-state index contributed by atoms with van der Waals surface area (Å²) in [6.45, 7) is 11.2. The van der Waals surface area contributed by atoms with Gasteiger partial charge in [-0.05, 0) is 40.3 Å². The molecule has 0 fully saturated rings. The topological polar surface area (TPSA) is 0 Å². The summed E-state index contributed by atoms with van der Waals surface area (Å²) in [5, 5.41) is 0. The predicted molar refractivity (Wildman–Crippen MR) is 151 cm³/mol. The van der Waals surface area contributed by atoms with Crippen molar-refractivity contribution in [1.82, 2.24) is 0 Å². The second kappa shape index (κ2) is 19.8. The van der Waals surface area contributed by atoms with Gasteiger partial charge in [-0.25, -0.2) is 0 Å². The maximum atomic E-state index is 4.05. The van der Waals surface area contributed by atoms with Crippen LogP contribution in [0.4, 0.5) is 0 Å². The largest absolute Gasteiger partial charge is 0.358 e. The number of benzene rings is 4. The van der Waals surface area contributed by atoms with Gasteiger partial charge in [0.2, 0.25) is 0 Å². The van der Waals surface area contributed by atoms with Gasteiger partial charge in [0.15, 0.2) is 0 Å². The summed E-state index contributed by atoms with van der Waals surface area (Å²) in [7, 11) is 0. The summed E-state index contributed by atoms with van der Waals surface area (Å²) in [6.07, 6.45) is 0. The molecule has 4 aromatic carbocycles. The number of rotatable bonds is 4. The Labute approximate surface area is 266 Å². The van der Waals surface area contributed by atoms with Crippen molar-refractivity contribution in [3.05, 3.63) is 164 Å². The van der Waals surface area contributed by atoms with Crippen molar-refractivity contribution < 1.29 is 65.4 Å². The van der Waals surface area contributed by atoms with E-state index in [0.717, 1.165) is 5.56 Å². The van der Waals surface area contributed by atoms with Gasteiger partial charge < -0.3 is 14.4 Å². The van der Waals surface area contributed by atoms with Crippen LogP contribution in [0.5, 0.6) is 0 Å². The Morgan fingerprint density at radius 3 is 1.11 bits per heavy atom. The fourth-order valence-corrected chi connectivity index (χ4v) is 3.51. The summed E-state index contributed by atoms with van der Waals surface area (Å²) in [5.41, 5.74) is 9.58. The van der Waals surface area contributed by atoms with Gasteiger partial charge in [0.25, 0.3) is 0 Å². The van der Waals surface area contributed by atoms with Crippen molar-refractivity contribution in [3.8, 4) is 0 Å². The first-order valence-electron chi connectivity index (χ1n) is 10.3. The molecule has 0 saturated carbocycles. The Balaban J connectivity index is -0.00000143. The summed E-state index contributed by atoms with van der Waals surface area (Å²) in [4.78, 5) is 0. The SMILES string of the molecule is C.C.[CH2-]C.[CH2-]c1ccc(/C(=C(\c2ccccc2)c2ccc(C)cc2)c2ccccc2)cc1.[CH3-].[Y].[Y]. The molecule has 0 nitrogen and oxygen atoms in total. The Morgan fingerprint density at radius 1 is 0.486 bits per heavy atom. The van der Waals surface area contributed by atoms with Crippen LogP contribution in [0.25, 0.3) is 11.1 Å². The summed E-state index contributed by atoms with van der Waals surface area (Å²) < 4.78 is 0. The van der Waals surface area contributed by atoms with Crippen molar-refractivity contribution in [2.45, 2.75) is 28.7 Å². The van der Waals surface area contributed by atoms with Crippen LogP contribution in [0, 0.1) is 28.2 Å². The van der Waals surface area contributed by atoms with Crippen molar-refractivity contribution in [3.63, 3.8) is 0 Å². The maximum absolute atomic E-state index is 4.05. The zero-order valence-electron chi connectivity index (χ0n) is 20.0. The summed E-state index contributed by atoms with van der Waals surface area (Å²) in [6, 6.07) is 38.6. The first kappa shape index (κ1) is 38.2. The van der Waals surface area contributed by atoms with E-state index < -0.39 is 0 Å². The number of hydrogen-bond donors (Lipinski definition) is 0. The van der Waals surface area contributed by atoms with Gasteiger partial charge in [0.05, 0.1) is 0 Å². The van der Waals surface area contributed by atoms with Gasteiger partial charge in [-0.15, -0.1) is 12.1 Å². The Hall–Kier alpha value is -1.30. The zero-order chi connectivity index (χ0) is 21.3. The minimum absolute atomic E-state index is 0. The van der Waals surface area contributed by atoms with Crippen molar-refractivity contribution in [1.29, 1.82) is 0 Å². The molecule has 0 atom stereocenters. The molecule has 4 rings (SSSR count). The molecule has 0 N–H and O–H groups in total. The second-order valence-corrected chi connectivity index (χ2v) is 7.04. The zero-order valence-corrected chi connectivity index (χ0v) is 25.6. The normalized spacial score (nSPS) is 9.57. The van der Waals surface area contributed by atoms with Crippen LogP contribution in [-0.4, -0.2) is 0 Å². The molecule has 2 heteroatoms. The second-order valence-electron chi connectivity index (χ2n) is 7.04. The Morgan fingerprint density at radius 2 is 0.771 bits per heavy atom. The smallest absolute Gasteiger partial charge is 0 e. The van der Waals surface area contributed by atoms with Gasteiger partial charge in [-0.2, -0.15) is 31.5 Å². The van der Waals surface area contributed by atoms with Crippen molar-refractivity contribution in [2.24, 2.45) is 0 Å².